The average molecular weight is 326 g/mol. The third kappa shape index (κ3) is 4.08. The van der Waals surface area contributed by atoms with E-state index in [9.17, 15) is 4.79 Å². The Kier molecular flexibility index (Phi) is 5.05. The van der Waals surface area contributed by atoms with Crippen molar-refractivity contribution in [2.45, 2.75) is 32.8 Å². The molecule has 2 aromatic rings. The molecule has 1 aliphatic heterocycles. The second-order valence-corrected chi connectivity index (χ2v) is 6.09. The monoisotopic (exact) mass is 326 g/mol. The highest BCUT2D eigenvalue weighted by molar-refractivity contribution is 6.03. The topological polar surface area (TPSA) is 76.1 Å². The lowest BCUT2D eigenvalue weighted by Gasteiger charge is -2.11. The maximum atomic E-state index is 12.3. The first-order valence-corrected chi connectivity index (χ1v) is 8.19. The van der Waals surface area contributed by atoms with Crippen molar-refractivity contribution in [1.82, 2.24) is 10.2 Å². The molecule has 1 aliphatic rings. The highest BCUT2D eigenvalue weighted by Crippen LogP contribution is 2.17. The van der Waals surface area contributed by atoms with Crippen LogP contribution >= 0.6 is 0 Å². The Labute approximate surface area is 141 Å². The molecule has 0 aliphatic carbocycles. The summed E-state index contributed by atoms with van der Waals surface area (Å²) in [5.41, 5.74) is 3.19. The van der Waals surface area contributed by atoms with E-state index >= 15 is 0 Å². The number of benzene rings is 1. The van der Waals surface area contributed by atoms with Crippen molar-refractivity contribution in [1.29, 1.82) is 0 Å². The number of ether oxygens (including phenoxy) is 1. The first kappa shape index (κ1) is 16.4. The summed E-state index contributed by atoms with van der Waals surface area (Å²) in [5, 5.41) is 14.1. The molecule has 6 heteroatoms. The van der Waals surface area contributed by atoms with Gasteiger partial charge in [-0.1, -0.05) is 12.1 Å². The van der Waals surface area contributed by atoms with Crippen LogP contribution in [0.3, 0.4) is 0 Å². The van der Waals surface area contributed by atoms with E-state index in [2.05, 4.69) is 20.8 Å². The fourth-order valence-electron chi connectivity index (χ4n) is 2.63. The molecule has 2 N–H and O–H groups in total. The third-order valence-corrected chi connectivity index (χ3v) is 4.07. The number of anilines is 2. The van der Waals surface area contributed by atoms with Gasteiger partial charge in [-0.05, 0) is 56.0 Å². The van der Waals surface area contributed by atoms with E-state index in [-0.39, 0.29) is 12.0 Å². The van der Waals surface area contributed by atoms with E-state index < -0.39 is 0 Å². The second kappa shape index (κ2) is 7.40. The number of hydrogen-bond donors (Lipinski definition) is 2. The molecule has 1 aromatic carbocycles. The van der Waals surface area contributed by atoms with Gasteiger partial charge in [-0.2, -0.15) is 0 Å². The summed E-state index contributed by atoms with van der Waals surface area (Å²) in [6.45, 7) is 5.49. The number of nitrogens with zero attached hydrogens (tertiary/aromatic N) is 2. The van der Waals surface area contributed by atoms with E-state index in [1.54, 1.807) is 12.1 Å². The van der Waals surface area contributed by atoms with Gasteiger partial charge in [0.2, 0.25) is 0 Å². The van der Waals surface area contributed by atoms with Crippen LogP contribution in [0.15, 0.2) is 30.3 Å². The fourth-order valence-corrected chi connectivity index (χ4v) is 2.63. The third-order valence-electron chi connectivity index (χ3n) is 4.07. The minimum absolute atomic E-state index is 0.235. The van der Waals surface area contributed by atoms with Crippen LogP contribution < -0.4 is 10.6 Å². The summed E-state index contributed by atoms with van der Waals surface area (Å²) in [6, 6.07) is 9.37. The van der Waals surface area contributed by atoms with Gasteiger partial charge >= 0.3 is 0 Å². The Bertz CT molecular complexity index is 709. The summed E-state index contributed by atoms with van der Waals surface area (Å²) in [4.78, 5) is 12.3. The molecule has 126 valence electrons. The van der Waals surface area contributed by atoms with Crippen LogP contribution in [0.25, 0.3) is 0 Å². The van der Waals surface area contributed by atoms with E-state index in [1.807, 2.05) is 32.0 Å². The Morgan fingerprint density at radius 1 is 1.25 bits per heavy atom. The predicted octanol–water partition coefficient (Wildman–Crippen LogP) is 2.94. The van der Waals surface area contributed by atoms with Crippen LogP contribution in [0.5, 0.6) is 0 Å². The first-order chi connectivity index (χ1) is 11.6. The van der Waals surface area contributed by atoms with E-state index in [0.717, 1.165) is 36.3 Å². The van der Waals surface area contributed by atoms with Crippen LogP contribution in [-0.2, 0) is 4.74 Å². The zero-order chi connectivity index (χ0) is 16.9. The van der Waals surface area contributed by atoms with Crippen molar-refractivity contribution in [3.8, 4) is 0 Å². The molecule has 1 amide bonds. The zero-order valence-electron chi connectivity index (χ0n) is 14.0. The van der Waals surface area contributed by atoms with E-state index in [4.69, 9.17) is 4.74 Å². The Hall–Kier alpha value is -2.47. The number of carbonyl (C=O) groups is 1. The number of amides is 1. The van der Waals surface area contributed by atoms with Crippen LogP contribution in [-0.4, -0.2) is 35.4 Å². The molecular weight excluding hydrogens is 304 g/mol. The van der Waals surface area contributed by atoms with Gasteiger partial charge in [0.1, 0.15) is 5.82 Å². The molecule has 1 aromatic heterocycles. The van der Waals surface area contributed by atoms with Gasteiger partial charge < -0.3 is 15.4 Å². The lowest BCUT2D eigenvalue weighted by Crippen LogP contribution is -2.20. The Morgan fingerprint density at radius 2 is 2.12 bits per heavy atom. The van der Waals surface area contributed by atoms with Crippen molar-refractivity contribution in [2.24, 2.45) is 0 Å². The lowest BCUT2D eigenvalue weighted by atomic mass is 10.1. The van der Waals surface area contributed by atoms with Gasteiger partial charge in [-0.15, -0.1) is 10.2 Å². The van der Waals surface area contributed by atoms with Crippen LogP contribution in [0.2, 0.25) is 0 Å². The number of hydrogen-bond acceptors (Lipinski definition) is 5. The van der Waals surface area contributed by atoms with Gasteiger partial charge in [0.05, 0.1) is 6.10 Å². The molecule has 1 unspecified atom stereocenters. The molecule has 0 spiro atoms. The summed E-state index contributed by atoms with van der Waals surface area (Å²) >= 11 is 0. The van der Waals surface area contributed by atoms with Crippen molar-refractivity contribution in [2.75, 3.05) is 23.8 Å². The van der Waals surface area contributed by atoms with Gasteiger partial charge in [0, 0.05) is 18.8 Å². The van der Waals surface area contributed by atoms with Gasteiger partial charge in [-0.3, -0.25) is 4.79 Å². The van der Waals surface area contributed by atoms with Gasteiger partial charge in [0.15, 0.2) is 5.69 Å². The first-order valence-electron chi connectivity index (χ1n) is 8.19. The molecule has 3 rings (SSSR count). The SMILES string of the molecule is Cc1ccc(C)c(NC(=O)c2ccc(NCC3CCCO3)nn2)c1. The predicted molar refractivity (Wildman–Crippen MR) is 93.4 cm³/mol. The highest BCUT2D eigenvalue weighted by Gasteiger charge is 2.15. The Balaban J connectivity index is 1.59. The molecule has 0 bridgehead atoms. The molecule has 24 heavy (non-hydrogen) atoms. The van der Waals surface area contributed by atoms with Crippen LogP contribution in [0.4, 0.5) is 11.5 Å². The molecule has 0 radical (unpaired) electrons. The fraction of sp³-hybridized carbons (Fsp3) is 0.389. The standard InChI is InChI=1S/C18H22N4O2/c1-12-5-6-13(2)16(10-12)20-18(23)15-7-8-17(22-21-15)19-11-14-4-3-9-24-14/h5-8,10,14H,3-4,9,11H2,1-2H3,(H,19,22)(H,20,23). The van der Waals surface area contributed by atoms with Gasteiger partial charge in [0.25, 0.3) is 5.91 Å². The number of carbonyl (C=O) groups excluding carboxylic acids is 1. The number of aromatic nitrogens is 2. The zero-order valence-corrected chi connectivity index (χ0v) is 14.0. The quantitative estimate of drug-likeness (QED) is 0.883. The number of rotatable bonds is 5. The highest BCUT2D eigenvalue weighted by atomic mass is 16.5. The van der Waals surface area contributed by atoms with Crippen molar-refractivity contribution in [3.05, 3.63) is 47.2 Å². The van der Waals surface area contributed by atoms with Crippen LogP contribution in [0.1, 0.15) is 34.5 Å². The molecule has 1 atom stereocenters. The smallest absolute Gasteiger partial charge is 0.276 e. The second-order valence-electron chi connectivity index (χ2n) is 6.09. The summed E-state index contributed by atoms with van der Waals surface area (Å²) < 4.78 is 5.55. The largest absolute Gasteiger partial charge is 0.376 e. The minimum Gasteiger partial charge on any atom is -0.376 e. The molecule has 0 saturated carbocycles. The van der Waals surface area contributed by atoms with Gasteiger partial charge in [-0.25, -0.2) is 0 Å². The molecular formula is C18H22N4O2. The lowest BCUT2D eigenvalue weighted by molar-refractivity contribution is 0.102. The molecule has 2 heterocycles. The molecule has 6 nitrogen and oxygen atoms in total. The van der Waals surface area contributed by atoms with Crippen molar-refractivity contribution >= 4 is 17.4 Å². The summed E-state index contributed by atoms with van der Waals surface area (Å²) in [7, 11) is 0. The van der Waals surface area contributed by atoms with E-state index in [1.165, 1.54) is 0 Å². The minimum atomic E-state index is -0.262. The normalized spacial score (nSPS) is 16.8. The Morgan fingerprint density at radius 3 is 2.83 bits per heavy atom. The number of aryl methyl sites for hydroxylation is 2. The van der Waals surface area contributed by atoms with E-state index in [0.29, 0.717) is 18.1 Å². The maximum absolute atomic E-state index is 12.3. The molecule has 1 fully saturated rings. The van der Waals surface area contributed by atoms with Crippen LogP contribution in [0, 0.1) is 13.8 Å². The maximum Gasteiger partial charge on any atom is 0.276 e. The van der Waals surface area contributed by atoms with Crippen molar-refractivity contribution < 1.29 is 9.53 Å². The average Bonchev–Trinajstić information content (AvgIpc) is 3.10. The number of nitrogens with one attached hydrogen (secondary N) is 2. The molecule has 1 saturated heterocycles. The van der Waals surface area contributed by atoms with Crippen molar-refractivity contribution in [3.63, 3.8) is 0 Å². The summed E-state index contributed by atoms with van der Waals surface area (Å²) in [6.07, 6.45) is 2.41. The summed E-state index contributed by atoms with van der Waals surface area (Å²) in [5.74, 6) is 0.385.